The van der Waals surface area contributed by atoms with Gasteiger partial charge in [0, 0.05) is 32.3 Å². The average Bonchev–Trinajstić information content (AvgIpc) is 2.74. The van der Waals surface area contributed by atoms with E-state index in [1.54, 1.807) is 6.07 Å². The molecular weight excluding hydrogens is 204 g/mol. The highest BCUT2D eigenvalue weighted by atomic mass is 16.2. The number of anilines is 1. The first-order chi connectivity index (χ1) is 7.65. The second-order valence-corrected chi connectivity index (χ2v) is 4.51. The molecule has 0 saturated carbocycles. The number of carbonyl (C=O) groups excluding carboxylic acids is 1. The minimum Gasteiger partial charge on any atom is -0.382 e. The number of carbonyl (C=O) groups is 1. The maximum absolute atomic E-state index is 11.5. The topological polar surface area (TPSA) is 64.2 Å². The Morgan fingerprint density at radius 2 is 2.38 bits per heavy atom. The highest BCUT2D eigenvalue weighted by Crippen LogP contribution is 2.16. The van der Waals surface area contributed by atoms with Crippen LogP contribution in [0.25, 0.3) is 0 Å². The summed E-state index contributed by atoms with van der Waals surface area (Å²) in [5, 5.41) is 4.10. The molecule has 1 saturated heterocycles. The van der Waals surface area contributed by atoms with E-state index < -0.39 is 0 Å². The van der Waals surface area contributed by atoms with Crippen molar-refractivity contribution in [1.82, 2.24) is 14.7 Å². The summed E-state index contributed by atoms with van der Waals surface area (Å²) in [5.74, 6) is 1.34. The Balaban J connectivity index is 1.74. The van der Waals surface area contributed by atoms with Crippen molar-refractivity contribution >= 4 is 11.7 Å². The molecule has 1 aromatic heterocycles. The van der Waals surface area contributed by atoms with Crippen molar-refractivity contribution in [3.63, 3.8) is 0 Å². The Labute approximate surface area is 95.2 Å². The van der Waals surface area contributed by atoms with Crippen LogP contribution in [0.1, 0.15) is 19.8 Å². The number of nitrogens with zero attached hydrogens (tertiary/aromatic N) is 3. The first-order valence-corrected chi connectivity index (χ1v) is 5.72. The Morgan fingerprint density at radius 3 is 2.94 bits per heavy atom. The summed E-state index contributed by atoms with van der Waals surface area (Å²) >= 11 is 0. The van der Waals surface area contributed by atoms with Gasteiger partial charge in [-0.25, -0.2) is 0 Å². The van der Waals surface area contributed by atoms with Crippen LogP contribution in [0.2, 0.25) is 0 Å². The Kier molecular flexibility index (Phi) is 3.12. The van der Waals surface area contributed by atoms with Crippen LogP contribution >= 0.6 is 0 Å². The molecule has 0 aromatic carbocycles. The third kappa shape index (κ3) is 2.53. The van der Waals surface area contributed by atoms with Crippen LogP contribution in [0.15, 0.2) is 12.3 Å². The molecule has 2 N–H and O–H groups in total. The molecule has 1 aliphatic heterocycles. The maximum Gasteiger partial charge on any atom is 0.222 e. The molecule has 1 amide bonds. The third-order valence-electron chi connectivity index (χ3n) is 2.88. The van der Waals surface area contributed by atoms with E-state index >= 15 is 0 Å². The quantitative estimate of drug-likeness (QED) is 0.816. The van der Waals surface area contributed by atoms with Crippen LogP contribution in [0.4, 0.5) is 5.82 Å². The number of likely N-dealkylation sites (tertiary alicyclic amines) is 1. The molecule has 88 valence electrons. The minimum absolute atomic E-state index is 0.285. The summed E-state index contributed by atoms with van der Waals surface area (Å²) in [4.78, 5) is 13.5. The molecule has 1 fully saturated rings. The summed E-state index contributed by atoms with van der Waals surface area (Å²) in [6, 6.07) is 1.78. The second-order valence-electron chi connectivity index (χ2n) is 4.51. The highest BCUT2D eigenvalue weighted by molar-refractivity contribution is 5.78. The zero-order valence-electron chi connectivity index (χ0n) is 9.59. The summed E-state index contributed by atoms with van der Waals surface area (Å²) in [5.41, 5.74) is 5.52. The van der Waals surface area contributed by atoms with Crippen LogP contribution in [0, 0.1) is 5.92 Å². The standard InChI is InChI=1S/C11H18N4O/c1-9-7-11(16)14(8-9)4-2-5-15-6-3-10(12)13-15/h3,6,9H,2,4-5,7-8H2,1H3,(H2,12,13). The largest absolute Gasteiger partial charge is 0.382 e. The molecule has 16 heavy (non-hydrogen) atoms. The summed E-state index contributed by atoms with van der Waals surface area (Å²) in [6.45, 7) is 4.66. The van der Waals surface area contributed by atoms with E-state index in [1.165, 1.54) is 0 Å². The molecule has 1 atom stereocenters. The van der Waals surface area contributed by atoms with E-state index in [-0.39, 0.29) is 5.91 Å². The first-order valence-electron chi connectivity index (χ1n) is 5.72. The number of rotatable bonds is 4. The zero-order valence-corrected chi connectivity index (χ0v) is 9.59. The monoisotopic (exact) mass is 222 g/mol. The van der Waals surface area contributed by atoms with Gasteiger partial charge in [-0.3, -0.25) is 9.48 Å². The highest BCUT2D eigenvalue weighted by Gasteiger charge is 2.25. The molecule has 1 unspecified atom stereocenters. The fourth-order valence-corrected chi connectivity index (χ4v) is 2.11. The number of hydrogen-bond donors (Lipinski definition) is 1. The predicted molar refractivity (Wildman–Crippen MR) is 61.6 cm³/mol. The Bertz CT molecular complexity index is 374. The van der Waals surface area contributed by atoms with Gasteiger partial charge >= 0.3 is 0 Å². The van der Waals surface area contributed by atoms with E-state index in [2.05, 4.69) is 12.0 Å². The number of nitrogen functional groups attached to an aromatic ring is 1. The molecule has 0 spiro atoms. The van der Waals surface area contributed by atoms with Gasteiger partial charge in [-0.2, -0.15) is 5.10 Å². The van der Waals surface area contributed by atoms with Gasteiger partial charge in [-0.1, -0.05) is 6.92 Å². The predicted octanol–water partition coefficient (Wildman–Crippen LogP) is 0.724. The first kappa shape index (κ1) is 11.0. The lowest BCUT2D eigenvalue weighted by atomic mass is 10.2. The van der Waals surface area contributed by atoms with Crippen molar-refractivity contribution in [3.8, 4) is 0 Å². The fourth-order valence-electron chi connectivity index (χ4n) is 2.11. The molecule has 0 radical (unpaired) electrons. The van der Waals surface area contributed by atoms with Crippen molar-refractivity contribution in [2.75, 3.05) is 18.8 Å². The Morgan fingerprint density at radius 1 is 1.56 bits per heavy atom. The number of hydrogen-bond acceptors (Lipinski definition) is 3. The van der Waals surface area contributed by atoms with E-state index in [0.717, 1.165) is 26.1 Å². The molecule has 5 nitrogen and oxygen atoms in total. The summed E-state index contributed by atoms with van der Waals surface area (Å²) < 4.78 is 1.82. The van der Waals surface area contributed by atoms with Gasteiger partial charge in [0.2, 0.25) is 5.91 Å². The average molecular weight is 222 g/mol. The molecule has 0 bridgehead atoms. The van der Waals surface area contributed by atoms with E-state index in [4.69, 9.17) is 5.73 Å². The van der Waals surface area contributed by atoms with Gasteiger partial charge in [0.05, 0.1) is 0 Å². The van der Waals surface area contributed by atoms with E-state index in [0.29, 0.717) is 18.2 Å². The lowest BCUT2D eigenvalue weighted by Crippen LogP contribution is -2.27. The molecule has 2 heterocycles. The van der Waals surface area contributed by atoms with Gasteiger partial charge in [-0.05, 0) is 18.4 Å². The van der Waals surface area contributed by atoms with E-state index in [1.807, 2.05) is 15.8 Å². The zero-order chi connectivity index (χ0) is 11.5. The van der Waals surface area contributed by atoms with Crippen molar-refractivity contribution in [3.05, 3.63) is 12.3 Å². The normalized spacial score (nSPS) is 20.7. The summed E-state index contributed by atoms with van der Waals surface area (Å²) in [7, 11) is 0. The van der Waals surface area contributed by atoms with Crippen molar-refractivity contribution < 1.29 is 4.79 Å². The SMILES string of the molecule is CC1CC(=O)N(CCCn2ccc(N)n2)C1. The van der Waals surface area contributed by atoms with Gasteiger partial charge in [0.25, 0.3) is 0 Å². The van der Waals surface area contributed by atoms with Gasteiger partial charge in [0.1, 0.15) is 5.82 Å². The van der Waals surface area contributed by atoms with Crippen molar-refractivity contribution in [1.29, 1.82) is 0 Å². The third-order valence-corrected chi connectivity index (χ3v) is 2.88. The van der Waals surface area contributed by atoms with Crippen molar-refractivity contribution in [2.45, 2.75) is 26.3 Å². The van der Waals surface area contributed by atoms with Gasteiger partial charge < -0.3 is 10.6 Å². The van der Waals surface area contributed by atoms with Gasteiger partial charge in [-0.15, -0.1) is 0 Å². The van der Waals surface area contributed by atoms with Crippen LogP contribution in [0.3, 0.4) is 0 Å². The lowest BCUT2D eigenvalue weighted by molar-refractivity contribution is -0.127. The smallest absolute Gasteiger partial charge is 0.222 e. The minimum atomic E-state index is 0.285. The lowest BCUT2D eigenvalue weighted by Gasteiger charge is -2.15. The van der Waals surface area contributed by atoms with Crippen LogP contribution in [-0.4, -0.2) is 33.7 Å². The number of aryl methyl sites for hydroxylation is 1. The second kappa shape index (κ2) is 4.55. The van der Waals surface area contributed by atoms with Crippen LogP contribution in [-0.2, 0) is 11.3 Å². The molecular formula is C11H18N4O. The number of amides is 1. The molecule has 2 rings (SSSR count). The van der Waals surface area contributed by atoms with E-state index in [9.17, 15) is 4.79 Å². The van der Waals surface area contributed by atoms with Gasteiger partial charge in [0.15, 0.2) is 0 Å². The molecule has 5 heteroatoms. The molecule has 1 aliphatic rings. The maximum atomic E-state index is 11.5. The Hall–Kier alpha value is -1.52. The molecule has 0 aliphatic carbocycles. The van der Waals surface area contributed by atoms with Crippen LogP contribution < -0.4 is 5.73 Å². The number of nitrogens with two attached hydrogens (primary N) is 1. The van der Waals surface area contributed by atoms with Crippen molar-refractivity contribution in [2.24, 2.45) is 5.92 Å². The fraction of sp³-hybridized carbons (Fsp3) is 0.636. The summed E-state index contributed by atoms with van der Waals surface area (Å²) in [6.07, 6.45) is 3.50. The molecule has 1 aromatic rings. The number of aromatic nitrogens is 2. The van der Waals surface area contributed by atoms with Crippen LogP contribution in [0.5, 0.6) is 0 Å².